The molecule has 1 aromatic rings. The summed E-state index contributed by atoms with van der Waals surface area (Å²) < 4.78 is 0. The maximum absolute atomic E-state index is 4.54. The van der Waals surface area contributed by atoms with E-state index >= 15 is 0 Å². The van der Waals surface area contributed by atoms with Gasteiger partial charge >= 0.3 is 0 Å². The van der Waals surface area contributed by atoms with Gasteiger partial charge in [-0.15, -0.1) is 0 Å². The first-order chi connectivity index (χ1) is 7.58. The summed E-state index contributed by atoms with van der Waals surface area (Å²) in [6.07, 6.45) is 0. The topological polar surface area (TPSA) is 37.0 Å². The fourth-order valence-corrected chi connectivity index (χ4v) is 1.29. The molecule has 0 aliphatic heterocycles. The van der Waals surface area contributed by atoms with Gasteiger partial charge in [0.15, 0.2) is 0 Å². The zero-order chi connectivity index (χ0) is 12.0. The van der Waals surface area contributed by atoms with Gasteiger partial charge in [-0.25, -0.2) is 4.98 Å². The molecule has 2 N–H and O–H groups in total. The van der Waals surface area contributed by atoms with Crippen molar-refractivity contribution in [3.05, 3.63) is 23.9 Å². The molecule has 1 rings (SSSR count). The predicted octanol–water partition coefficient (Wildman–Crippen LogP) is 2.65. The summed E-state index contributed by atoms with van der Waals surface area (Å²) in [4.78, 5) is 4.54. The molecule has 0 atom stereocenters. The van der Waals surface area contributed by atoms with E-state index in [4.69, 9.17) is 0 Å². The van der Waals surface area contributed by atoms with Crippen LogP contribution in [-0.2, 0) is 6.54 Å². The number of hydrogen-bond donors (Lipinski definition) is 2. The van der Waals surface area contributed by atoms with Crippen LogP contribution in [0.2, 0.25) is 0 Å². The molecule has 3 heteroatoms. The average molecular weight is 221 g/mol. The minimum atomic E-state index is 0.495. The Morgan fingerprint density at radius 2 is 1.94 bits per heavy atom. The van der Waals surface area contributed by atoms with E-state index in [1.165, 1.54) is 0 Å². The van der Waals surface area contributed by atoms with E-state index in [1.807, 2.05) is 12.1 Å². The molecular formula is C13H23N3. The Labute approximate surface area is 98.7 Å². The number of anilines is 1. The van der Waals surface area contributed by atoms with Gasteiger partial charge in [0.2, 0.25) is 0 Å². The van der Waals surface area contributed by atoms with Crippen molar-refractivity contribution in [3.63, 3.8) is 0 Å². The van der Waals surface area contributed by atoms with Crippen LogP contribution in [0.25, 0.3) is 0 Å². The van der Waals surface area contributed by atoms with Crippen LogP contribution in [0, 0.1) is 5.92 Å². The monoisotopic (exact) mass is 221 g/mol. The van der Waals surface area contributed by atoms with Gasteiger partial charge in [0.05, 0.1) is 5.69 Å². The molecule has 0 aromatic carbocycles. The highest BCUT2D eigenvalue weighted by Gasteiger charge is 1.99. The van der Waals surface area contributed by atoms with Crippen LogP contribution in [0.3, 0.4) is 0 Å². The van der Waals surface area contributed by atoms with Crippen LogP contribution in [0.15, 0.2) is 18.2 Å². The maximum atomic E-state index is 4.54. The Bertz CT molecular complexity index is 281. The van der Waals surface area contributed by atoms with Gasteiger partial charge < -0.3 is 10.6 Å². The number of nitrogens with zero attached hydrogens (tertiary/aromatic N) is 1. The molecule has 0 spiro atoms. The first kappa shape index (κ1) is 13.0. The molecule has 0 amide bonds. The third-order valence-electron chi connectivity index (χ3n) is 2.19. The highest BCUT2D eigenvalue weighted by Crippen LogP contribution is 2.06. The molecule has 1 aromatic heterocycles. The van der Waals surface area contributed by atoms with E-state index in [0.29, 0.717) is 12.0 Å². The fourth-order valence-electron chi connectivity index (χ4n) is 1.29. The molecule has 0 radical (unpaired) electrons. The second kappa shape index (κ2) is 6.48. The second-order valence-electron chi connectivity index (χ2n) is 4.82. The lowest BCUT2D eigenvalue weighted by Crippen LogP contribution is -2.22. The highest BCUT2D eigenvalue weighted by molar-refractivity contribution is 5.35. The molecular weight excluding hydrogens is 198 g/mol. The first-order valence-electron chi connectivity index (χ1n) is 6.01. The number of rotatable bonds is 6. The minimum absolute atomic E-state index is 0.495. The minimum Gasteiger partial charge on any atom is -0.370 e. The summed E-state index contributed by atoms with van der Waals surface area (Å²) in [6, 6.07) is 6.61. The number of aromatic nitrogens is 1. The van der Waals surface area contributed by atoms with Crippen molar-refractivity contribution >= 4 is 5.82 Å². The van der Waals surface area contributed by atoms with Crippen LogP contribution >= 0.6 is 0 Å². The SMILES string of the molecule is CC(C)CNc1cccc(CNC(C)C)n1. The summed E-state index contributed by atoms with van der Waals surface area (Å²) >= 11 is 0. The van der Waals surface area contributed by atoms with Crippen molar-refractivity contribution in [1.82, 2.24) is 10.3 Å². The van der Waals surface area contributed by atoms with Crippen molar-refractivity contribution in [1.29, 1.82) is 0 Å². The number of pyridine rings is 1. The smallest absolute Gasteiger partial charge is 0.126 e. The van der Waals surface area contributed by atoms with Crippen molar-refractivity contribution in [2.75, 3.05) is 11.9 Å². The molecule has 3 nitrogen and oxygen atoms in total. The molecule has 1 heterocycles. The van der Waals surface area contributed by atoms with Crippen LogP contribution in [0.4, 0.5) is 5.82 Å². The third-order valence-corrected chi connectivity index (χ3v) is 2.19. The highest BCUT2D eigenvalue weighted by atomic mass is 15.0. The Morgan fingerprint density at radius 3 is 2.56 bits per heavy atom. The standard InChI is InChI=1S/C13H23N3/c1-10(2)8-15-13-7-5-6-12(16-13)9-14-11(3)4/h5-7,10-11,14H,8-9H2,1-4H3,(H,15,16). The van der Waals surface area contributed by atoms with E-state index in [-0.39, 0.29) is 0 Å². The van der Waals surface area contributed by atoms with E-state index < -0.39 is 0 Å². The molecule has 0 unspecified atom stereocenters. The molecule has 0 aliphatic carbocycles. The largest absolute Gasteiger partial charge is 0.370 e. The molecule has 16 heavy (non-hydrogen) atoms. The summed E-state index contributed by atoms with van der Waals surface area (Å²) in [7, 11) is 0. The van der Waals surface area contributed by atoms with Gasteiger partial charge in [-0.2, -0.15) is 0 Å². The quantitative estimate of drug-likeness (QED) is 0.775. The lowest BCUT2D eigenvalue weighted by Gasteiger charge is -2.11. The van der Waals surface area contributed by atoms with Crippen molar-refractivity contribution in [3.8, 4) is 0 Å². The third kappa shape index (κ3) is 5.12. The van der Waals surface area contributed by atoms with Crippen molar-refractivity contribution in [2.45, 2.75) is 40.3 Å². The van der Waals surface area contributed by atoms with Gasteiger partial charge in [-0.1, -0.05) is 33.8 Å². The van der Waals surface area contributed by atoms with Crippen LogP contribution in [0.1, 0.15) is 33.4 Å². The van der Waals surface area contributed by atoms with Gasteiger partial charge in [0.1, 0.15) is 5.82 Å². The van der Waals surface area contributed by atoms with Crippen LogP contribution in [0.5, 0.6) is 0 Å². The van der Waals surface area contributed by atoms with Gasteiger partial charge in [0.25, 0.3) is 0 Å². The van der Waals surface area contributed by atoms with E-state index in [9.17, 15) is 0 Å². The molecule has 90 valence electrons. The molecule has 0 bridgehead atoms. The zero-order valence-electron chi connectivity index (χ0n) is 10.7. The number of nitrogens with one attached hydrogen (secondary N) is 2. The average Bonchev–Trinajstić information content (AvgIpc) is 2.24. The second-order valence-corrected chi connectivity index (χ2v) is 4.82. The van der Waals surface area contributed by atoms with E-state index in [1.54, 1.807) is 0 Å². The maximum Gasteiger partial charge on any atom is 0.126 e. The lowest BCUT2D eigenvalue weighted by atomic mass is 10.2. The van der Waals surface area contributed by atoms with Crippen LogP contribution < -0.4 is 10.6 Å². The molecule has 0 saturated heterocycles. The predicted molar refractivity (Wildman–Crippen MR) is 69.5 cm³/mol. The van der Waals surface area contributed by atoms with Gasteiger partial charge in [0, 0.05) is 19.1 Å². The molecule has 0 aliphatic rings. The fraction of sp³-hybridized carbons (Fsp3) is 0.615. The Hall–Kier alpha value is -1.09. The first-order valence-corrected chi connectivity index (χ1v) is 6.01. The van der Waals surface area contributed by atoms with E-state index in [0.717, 1.165) is 24.6 Å². The van der Waals surface area contributed by atoms with Gasteiger partial charge in [-0.3, -0.25) is 0 Å². The summed E-state index contributed by atoms with van der Waals surface area (Å²) in [5.41, 5.74) is 1.09. The normalized spacial score (nSPS) is 11.1. The van der Waals surface area contributed by atoms with Crippen molar-refractivity contribution < 1.29 is 0 Å². The van der Waals surface area contributed by atoms with Crippen LogP contribution in [-0.4, -0.2) is 17.6 Å². The Balaban J connectivity index is 2.50. The zero-order valence-corrected chi connectivity index (χ0v) is 10.7. The Kier molecular flexibility index (Phi) is 5.26. The Morgan fingerprint density at radius 1 is 1.19 bits per heavy atom. The summed E-state index contributed by atoms with van der Waals surface area (Å²) in [6.45, 7) is 10.5. The summed E-state index contributed by atoms with van der Waals surface area (Å²) in [5, 5.41) is 6.70. The van der Waals surface area contributed by atoms with E-state index in [2.05, 4.69) is 49.4 Å². The molecule has 0 saturated carbocycles. The lowest BCUT2D eigenvalue weighted by molar-refractivity contribution is 0.581. The van der Waals surface area contributed by atoms with Gasteiger partial charge in [-0.05, 0) is 18.1 Å². The molecule has 0 fully saturated rings. The summed E-state index contributed by atoms with van der Waals surface area (Å²) in [5.74, 6) is 1.61. The van der Waals surface area contributed by atoms with Crippen molar-refractivity contribution in [2.24, 2.45) is 5.92 Å². The number of hydrogen-bond acceptors (Lipinski definition) is 3.